The van der Waals surface area contributed by atoms with Crippen LogP contribution in [0.25, 0.3) is 0 Å². The van der Waals surface area contributed by atoms with Gasteiger partial charge in [0.2, 0.25) is 0 Å². The van der Waals surface area contributed by atoms with E-state index in [4.69, 9.17) is 9.94 Å². The summed E-state index contributed by atoms with van der Waals surface area (Å²) in [7, 11) is 0. The van der Waals surface area contributed by atoms with Gasteiger partial charge in [-0.05, 0) is 18.2 Å². The van der Waals surface area contributed by atoms with Gasteiger partial charge in [-0.3, -0.25) is 15.3 Å². The molecule has 1 aliphatic rings. The van der Waals surface area contributed by atoms with Crippen molar-refractivity contribution in [1.82, 2.24) is 9.55 Å². The summed E-state index contributed by atoms with van der Waals surface area (Å²) >= 11 is 0. The number of hydrogen-bond acceptors (Lipinski definition) is 8. The molecular weight excluding hydrogens is 367 g/mol. The maximum atomic E-state index is 14.0. The van der Waals surface area contributed by atoms with Gasteiger partial charge in [0.15, 0.2) is 18.3 Å². The van der Waals surface area contributed by atoms with E-state index in [9.17, 15) is 29.3 Å². The zero-order valence-corrected chi connectivity index (χ0v) is 13.5. The van der Waals surface area contributed by atoms with E-state index in [-0.39, 0.29) is 5.82 Å². The highest BCUT2D eigenvalue weighted by Gasteiger charge is 2.49. The number of nitrogens with one attached hydrogen (secondary N) is 1. The number of rotatable bonds is 4. The Morgan fingerprint density at radius 1 is 1.26 bits per heavy atom. The molecule has 0 aliphatic carbocycles. The number of benzene rings is 1. The van der Waals surface area contributed by atoms with Crippen LogP contribution in [0.3, 0.4) is 0 Å². The Labute approximate surface area is 150 Å². The number of ether oxygens (including phenoxy) is 1. The topological polar surface area (TPSA) is 157 Å². The Morgan fingerprint density at radius 3 is 2.56 bits per heavy atom. The van der Waals surface area contributed by atoms with Crippen LogP contribution in [0.2, 0.25) is 0 Å². The van der Waals surface area contributed by atoms with Crippen LogP contribution >= 0.6 is 0 Å². The smallest absolute Gasteiger partial charge is 0.414 e. The van der Waals surface area contributed by atoms with Crippen molar-refractivity contribution in [2.75, 3.05) is 10.4 Å². The fourth-order valence-corrected chi connectivity index (χ4v) is 2.75. The molecule has 0 unspecified atom stereocenters. The molecule has 1 aliphatic heterocycles. The normalized spacial score (nSPS) is 24.6. The first kappa shape index (κ1) is 18.7. The van der Waals surface area contributed by atoms with Gasteiger partial charge in [-0.2, -0.15) is 4.98 Å². The minimum absolute atomic E-state index is 0.167. The van der Waals surface area contributed by atoms with E-state index in [1.807, 2.05) is 0 Å². The number of anilines is 2. The standard InChI is InChI=1S/C15H15FN4O7/c16-7-3-1-2-4-8(7)20(15(24)25)13-11(22)10(21)12(27-13)19-6-5-9(18-26)17-14(19)23/h1-6,10-13,21-22,26H,(H,24,25)(H,17,18,23)/t10-,11+,12-,13-/m1/s1. The molecule has 1 aromatic heterocycles. The summed E-state index contributed by atoms with van der Waals surface area (Å²) in [5, 5.41) is 38.7. The Hall–Kier alpha value is -3.06. The van der Waals surface area contributed by atoms with Gasteiger partial charge in [-0.1, -0.05) is 12.1 Å². The first-order valence-electron chi connectivity index (χ1n) is 7.62. The Bertz CT molecular complexity index is 908. The van der Waals surface area contributed by atoms with Crippen LogP contribution in [-0.2, 0) is 4.74 Å². The van der Waals surface area contributed by atoms with Crippen molar-refractivity contribution in [2.45, 2.75) is 24.7 Å². The molecule has 4 atom stereocenters. The van der Waals surface area contributed by atoms with Crippen LogP contribution in [0.4, 0.5) is 20.7 Å². The Morgan fingerprint density at radius 2 is 1.96 bits per heavy atom. The molecule has 1 fully saturated rings. The van der Waals surface area contributed by atoms with E-state index in [1.165, 1.54) is 18.2 Å². The minimum atomic E-state index is -1.78. The first-order valence-corrected chi connectivity index (χ1v) is 7.62. The van der Waals surface area contributed by atoms with Gasteiger partial charge < -0.3 is 20.1 Å². The van der Waals surface area contributed by atoms with Crippen LogP contribution < -0.4 is 16.1 Å². The van der Waals surface area contributed by atoms with E-state index in [2.05, 4.69) is 4.98 Å². The van der Waals surface area contributed by atoms with Gasteiger partial charge in [0, 0.05) is 6.20 Å². The molecule has 11 nitrogen and oxygen atoms in total. The molecule has 5 N–H and O–H groups in total. The zero-order chi connectivity index (χ0) is 19.7. The lowest BCUT2D eigenvalue weighted by atomic mass is 10.1. The third kappa shape index (κ3) is 3.33. The molecule has 2 heterocycles. The van der Waals surface area contributed by atoms with E-state index in [1.54, 1.807) is 5.48 Å². The molecule has 2 aromatic rings. The van der Waals surface area contributed by atoms with E-state index in [0.717, 1.165) is 22.9 Å². The first-order chi connectivity index (χ1) is 12.8. The van der Waals surface area contributed by atoms with Crippen molar-refractivity contribution in [3.05, 3.63) is 52.8 Å². The van der Waals surface area contributed by atoms with Gasteiger partial charge >= 0.3 is 11.8 Å². The summed E-state index contributed by atoms with van der Waals surface area (Å²) in [6, 6.07) is 6.11. The second-order valence-electron chi connectivity index (χ2n) is 5.62. The molecule has 0 bridgehead atoms. The average molecular weight is 382 g/mol. The number of halogens is 1. The number of amides is 1. The molecule has 0 radical (unpaired) electrons. The lowest BCUT2D eigenvalue weighted by Crippen LogP contribution is -2.47. The predicted octanol–water partition coefficient (Wildman–Crippen LogP) is -0.0552. The fraction of sp³-hybridized carbons (Fsp3) is 0.267. The van der Waals surface area contributed by atoms with Gasteiger partial charge in [0.25, 0.3) is 0 Å². The molecule has 0 saturated carbocycles. The molecule has 0 spiro atoms. The molecule has 3 rings (SSSR count). The summed E-state index contributed by atoms with van der Waals surface area (Å²) in [6.45, 7) is 0. The average Bonchev–Trinajstić information content (AvgIpc) is 2.92. The highest BCUT2D eigenvalue weighted by Crippen LogP contribution is 2.34. The third-order valence-electron chi connectivity index (χ3n) is 4.00. The molecule has 144 valence electrons. The monoisotopic (exact) mass is 382 g/mol. The lowest BCUT2D eigenvalue weighted by Gasteiger charge is -2.28. The second-order valence-corrected chi connectivity index (χ2v) is 5.62. The van der Waals surface area contributed by atoms with Gasteiger partial charge in [0.1, 0.15) is 18.0 Å². The van der Waals surface area contributed by atoms with Gasteiger partial charge in [0.05, 0.1) is 5.69 Å². The molecular formula is C15H15FN4O7. The lowest BCUT2D eigenvalue weighted by molar-refractivity contribution is -0.0392. The maximum absolute atomic E-state index is 14.0. The van der Waals surface area contributed by atoms with Crippen molar-refractivity contribution < 1.29 is 34.4 Å². The molecule has 1 amide bonds. The van der Waals surface area contributed by atoms with E-state index >= 15 is 0 Å². The summed E-state index contributed by atoms with van der Waals surface area (Å²) in [5.41, 5.74) is 0.329. The van der Waals surface area contributed by atoms with Crippen LogP contribution in [0, 0.1) is 5.82 Å². The largest absolute Gasteiger partial charge is 0.465 e. The van der Waals surface area contributed by atoms with E-state index in [0.29, 0.717) is 4.90 Å². The quantitative estimate of drug-likeness (QED) is 0.457. The fourth-order valence-electron chi connectivity index (χ4n) is 2.75. The van der Waals surface area contributed by atoms with Crippen molar-refractivity contribution in [3.63, 3.8) is 0 Å². The molecule has 27 heavy (non-hydrogen) atoms. The summed E-state index contributed by atoms with van der Waals surface area (Å²) < 4.78 is 20.2. The number of hydrogen-bond donors (Lipinski definition) is 5. The third-order valence-corrected chi connectivity index (χ3v) is 4.00. The van der Waals surface area contributed by atoms with Crippen LogP contribution in [0.5, 0.6) is 0 Å². The molecule has 1 saturated heterocycles. The Kier molecular flexibility index (Phi) is 5.05. The number of aliphatic hydroxyl groups is 2. The van der Waals surface area contributed by atoms with Crippen molar-refractivity contribution in [3.8, 4) is 0 Å². The molecule has 1 aromatic carbocycles. The number of para-hydroxylation sites is 1. The highest BCUT2D eigenvalue weighted by molar-refractivity contribution is 5.86. The van der Waals surface area contributed by atoms with Gasteiger partial charge in [-0.25, -0.2) is 18.9 Å². The zero-order valence-electron chi connectivity index (χ0n) is 13.5. The van der Waals surface area contributed by atoms with E-state index < -0.39 is 48.0 Å². The number of aromatic nitrogens is 2. The number of nitrogens with zero attached hydrogens (tertiary/aromatic N) is 3. The second kappa shape index (κ2) is 7.28. The summed E-state index contributed by atoms with van der Waals surface area (Å²) in [6.07, 6.45) is -7.20. The SMILES string of the molecule is O=C(O)N(c1ccccc1F)[C@@H]1O[C@@H](n2ccc(NO)nc2=O)[C@H](O)[C@@H]1O. The minimum Gasteiger partial charge on any atom is -0.465 e. The molecule has 12 heteroatoms. The van der Waals surface area contributed by atoms with Crippen molar-refractivity contribution in [1.29, 1.82) is 0 Å². The predicted molar refractivity (Wildman–Crippen MR) is 86.7 cm³/mol. The number of aliphatic hydroxyl groups excluding tert-OH is 2. The number of carboxylic acid groups (broad SMARTS) is 1. The summed E-state index contributed by atoms with van der Waals surface area (Å²) in [4.78, 5) is 27.5. The van der Waals surface area contributed by atoms with Crippen molar-refractivity contribution >= 4 is 17.6 Å². The van der Waals surface area contributed by atoms with Crippen LogP contribution in [0.15, 0.2) is 41.3 Å². The maximum Gasteiger partial charge on any atom is 0.414 e. The number of carbonyl (C=O) groups is 1. The summed E-state index contributed by atoms with van der Waals surface area (Å²) in [5.74, 6) is -1.05. The van der Waals surface area contributed by atoms with Gasteiger partial charge in [-0.15, -0.1) is 0 Å². The van der Waals surface area contributed by atoms with Crippen LogP contribution in [-0.4, -0.2) is 54.6 Å². The highest BCUT2D eigenvalue weighted by atomic mass is 19.1. The Balaban J connectivity index is 1.97. The van der Waals surface area contributed by atoms with Crippen molar-refractivity contribution in [2.24, 2.45) is 0 Å². The van der Waals surface area contributed by atoms with Crippen LogP contribution in [0.1, 0.15) is 6.23 Å².